The van der Waals surface area contributed by atoms with E-state index < -0.39 is 11.8 Å². The van der Waals surface area contributed by atoms with Gasteiger partial charge in [0, 0.05) is 0 Å². The molecule has 1 atom stereocenters. The molecule has 5 nitrogen and oxygen atoms in total. The topological polar surface area (TPSA) is 63.0 Å². The number of azo groups is 1. The van der Waals surface area contributed by atoms with Gasteiger partial charge in [-0.05, 0) is 33.3 Å². The molecule has 0 bridgehead atoms. The highest BCUT2D eigenvalue weighted by Gasteiger charge is 2.20. The lowest BCUT2D eigenvalue weighted by Gasteiger charge is -2.20. The fourth-order valence-electron chi connectivity index (χ4n) is 1.47. The third kappa shape index (κ3) is 5.50. The number of nitrogens with zero attached hydrogens (tertiary/aromatic N) is 2. The molecule has 1 N–H and O–H groups in total. The number of rotatable bonds is 5. The number of carbonyl (C=O) groups excluding carboxylic acids is 1. The third-order valence-electron chi connectivity index (χ3n) is 2.45. The summed E-state index contributed by atoms with van der Waals surface area (Å²) in [6.45, 7) is 7.58. The molecule has 1 aromatic rings. The molecule has 5 heteroatoms. The van der Waals surface area contributed by atoms with Gasteiger partial charge in [0.05, 0.1) is 12.6 Å². The van der Waals surface area contributed by atoms with Crippen LogP contribution in [0.5, 0.6) is 0 Å². The van der Waals surface area contributed by atoms with Crippen molar-refractivity contribution in [1.29, 1.82) is 0 Å². The number of ether oxygens (including phenoxy) is 1. The first kappa shape index (κ1) is 15.1. The van der Waals surface area contributed by atoms with Crippen LogP contribution in [0.1, 0.15) is 39.3 Å². The number of hydrogen-bond donors (Lipinski definition) is 1. The van der Waals surface area contributed by atoms with Crippen molar-refractivity contribution in [1.82, 2.24) is 5.32 Å². The van der Waals surface area contributed by atoms with Gasteiger partial charge < -0.3 is 4.74 Å². The molecule has 1 unspecified atom stereocenters. The first-order valence-corrected chi connectivity index (χ1v) is 6.36. The van der Waals surface area contributed by atoms with E-state index in [9.17, 15) is 4.79 Å². The third-order valence-corrected chi connectivity index (χ3v) is 2.45. The molecule has 0 aliphatic carbocycles. The average Bonchev–Trinajstić information content (AvgIpc) is 2.37. The van der Waals surface area contributed by atoms with Crippen LogP contribution in [0.2, 0.25) is 0 Å². The van der Waals surface area contributed by atoms with Gasteiger partial charge >= 0.3 is 6.09 Å². The Labute approximate surface area is 114 Å². The van der Waals surface area contributed by atoms with Crippen molar-refractivity contribution in [3.05, 3.63) is 35.9 Å². The van der Waals surface area contributed by atoms with E-state index >= 15 is 0 Å². The molecule has 0 saturated heterocycles. The van der Waals surface area contributed by atoms with E-state index in [1.54, 1.807) is 20.8 Å². The Morgan fingerprint density at radius 3 is 2.58 bits per heavy atom. The van der Waals surface area contributed by atoms with E-state index in [4.69, 9.17) is 4.74 Å². The van der Waals surface area contributed by atoms with Crippen LogP contribution in [0.4, 0.5) is 4.79 Å². The van der Waals surface area contributed by atoms with Crippen LogP contribution in [0.15, 0.2) is 40.6 Å². The summed E-state index contributed by atoms with van der Waals surface area (Å²) < 4.78 is 4.82. The van der Waals surface area contributed by atoms with E-state index in [-0.39, 0.29) is 6.04 Å². The minimum atomic E-state index is -0.782. The van der Waals surface area contributed by atoms with Crippen molar-refractivity contribution in [2.24, 2.45) is 10.2 Å². The molecule has 0 fully saturated rings. The second-order valence-electron chi connectivity index (χ2n) is 4.71. The number of nitrogens with one attached hydrogen (secondary N) is 1. The Morgan fingerprint density at radius 1 is 1.37 bits per heavy atom. The fraction of sp³-hybridized carbons (Fsp3) is 0.500. The van der Waals surface area contributed by atoms with Gasteiger partial charge in [0.1, 0.15) is 5.66 Å². The summed E-state index contributed by atoms with van der Waals surface area (Å²) in [4.78, 5) is 11.3. The first-order chi connectivity index (χ1) is 8.94. The van der Waals surface area contributed by atoms with Crippen molar-refractivity contribution in [2.45, 2.75) is 39.4 Å². The van der Waals surface area contributed by atoms with Gasteiger partial charge in [0.25, 0.3) is 0 Å². The molecule has 0 aliphatic heterocycles. The van der Waals surface area contributed by atoms with Gasteiger partial charge in [-0.3, -0.25) is 5.32 Å². The maximum absolute atomic E-state index is 11.3. The first-order valence-electron chi connectivity index (χ1n) is 6.36. The normalized spacial score (nSPS) is 13.3. The highest BCUT2D eigenvalue weighted by Crippen LogP contribution is 2.18. The molecule has 104 valence electrons. The standard InChI is InChI=1S/C14H21N3O2/c1-5-19-13(18)15-14(3,4)17-16-11(2)12-9-7-6-8-10-12/h6-11H,5H2,1-4H3,(H,15,18). The number of hydrogen-bond acceptors (Lipinski definition) is 4. The molecule has 0 heterocycles. The van der Waals surface area contributed by atoms with Crippen molar-refractivity contribution in [2.75, 3.05) is 6.61 Å². The monoisotopic (exact) mass is 263 g/mol. The van der Waals surface area contributed by atoms with Gasteiger partial charge in [0.15, 0.2) is 0 Å². The van der Waals surface area contributed by atoms with Crippen LogP contribution in [0.25, 0.3) is 0 Å². The fourth-order valence-corrected chi connectivity index (χ4v) is 1.47. The maximum atomic E-state index is 11.3. The lowest BCUT2D eigenvalue weighted by atomic mass is 10.1. The lowest BCUT2D eigenvalue weighted by molar-refractivity contribution is 0.141. The summed E-state index contributed by atoms with van der Waals surface area (Å²) in [5.41, 5.74) is 0.299. The summed E-state index contributed by atoms with van der Waals surface area (Å²) >= 11 is 0. The highest BCUT2D eigenvalue weighted by molar-refractivity contribution is 5.67. The lowest BCUT2D eigenvalue weighted by Crippen LogP contribution is -2.41. The molecule has 0 saturated carbocycles. The van der Waals surface area contributed by atoms with E-state index in [1.165, 1.54) is 0 Å². The van der Waals surface area contributed by atoms with Crippen molar-refractivity contribution in [3.8, 4) is 0 Å². The van der Waals surface area contributed by atoms with E-state index in [0.717, 1.165) is 5.56 Å². The van der Waals surface area contributed by atoms with Crippen molar-refractivity contribution in [3.63, 3.8) is 0 Å². The Morgan fingerprint density at radius 2 is 2.00 bits per heavy atom. The van der Waals surface area contributed by atoms with Crippen LogP contribution in [-0.2, 0) is 4.74 Å². The predicted octanol–water partition coefficient (Wildman–Crippen LogP) is 3.68. The van der Waals surface area contributed by atoms with E-state index in [2.05, 4.69) is 15.5 Å². The van der Waals surface area contributed by atoms with Crippen LogP contribution in [0.3, 0.4) is 0 Å². The van der Waals surface area contributed by atoms with Crippen molar-refractivity contribution < 1.29 is 9.53 Å². The Hall–Kier alpha value is -1.91. The molecule has 0 spiro atoms. The smallest absolute Gasteiger partial charge is 0.409 e. The van der Waals surface area contributed by atoms with Crippen LogP contribution >= 0.6 is 0 Å². The molecule has 0 radical (unpaired) electrons. The van der Waals surface area contributed by atoms with Gasteiger partial charge in [-0.15, -0.1) is 0 Å². The average molecular weight is 263 g/mol. The Balaban J connectivity index is 2.61. The zero-order chi connectivity index (χ0) is 14.3. The summed E-state index contributed by atoms with van der Waals surface area (Å²) in [6.07, 6.45) is -0.487. The molecule has 1 rings (SSSR count). The molecular weight excluding hydrogens is 242 g/mol. The number of alkyl carbamates (subject to hydrolysis) is 1. The number of carbonyl (C=O) groups is 1. The van der Waals surface area contributed by atoms with E-state index in [0.29, 0.717) is 6.61 Å². The molecule has 0 aliphatic rings. The van der Waals surface area contributed by atoms with Gasteiger partial charge in [-0.25, -0.2) is 4.79 Å². The SMILES string of the molecule is CCOC(=O)NC(C)(C)N=NC(C)c1ccccc1. The zero-order valence-electron chi connectivity index (χ0n) is 11.9. The second kappa shape index (κ2) is 6.87. The minimum Gasteiger partial charge on any atom is -0.450 e. The summed E-state index contributed by atoms with van der Waals surface area (Å²) in [6, 6.07) is 9.82. The quantitative estimate of drug-likeness (QED) is 0.823. The minimum absolute atomic E-state index is 0.0514. The maximum Gasteiger partial charge on any atom is 0.409 e. The molecular formula is C14H21N3O2. The second-order valence-corrected chi connectivity index (χ2v) is 4.71. The number of amides is 1. The summed E-state index contributed by atoms with van der Waals surface area (Å²) in [5.74, 6) is 0. The van der Waals surface area contributed by atoms with E-state index in [1.807, 2.05) is 37.3 Å². The Kier molecular flexibility index (Phi) is 5.48. The Bertz CT molecular complexity index is 430. The molecule has 0 aromatic heterocycles. The van der Waals surface area contributed by atoms with Gasteiger partial charge in [-0.2, -0.15) is 10.2 Å². The predicted molar refractivity (Wildman–Crippen MR) is 73.9 cm³/mol. The van der Waals surface area contributed by atoms with Crippen LogP contribution < -0.4 is 5.32 Å². The number of benzene rings is 1. The van der Waals surface area contributed by atoms with Gasteiger partial charge in [0.2, 0.25) is 0 Å². The summed E-state index contributed by atoms with van der Waals surface area (Å²) in [5, 5.41) is 11.0. The van der Waals surface area contributed by atoms with Crippen molar-refractivity contribution >= 4 is 6.09 Å². The molecule has 1 aromatic carbocycles. The largest absolute Gasteiger partial charge is 0.450 e. The molecule has 19 heavy (non-hydrogen) atoms. The van der Waals surface area contributed by atoms with Crippen LogP contribution in [-0.4, -0.2) is 18.4 Å². The highest BCUT2D eigenvalue weighted by atomic mass is 16.5. The van der Waals surface area contributed by atoms with Crippen LogP contribution in [0, 0.1) is 0 Å². The molecule has 1 amide bonds. The zero-order valence-corrected chi connectivity index (χ0v) is 11.9. The summed E-state index contributed by atoms with van der Waals surface area (Å²) in [7, 11) is 0. The van der Waals surface area contributed by atoms with Gasteiger partial charge in [-0.1, -0.05) is 30.3 Å².